The van der Waals surface area contributed by atoms with E-state index in [1.807, 2.05) is 0 Å². The molecule has 0 radical (unpaired) electrons. The van der Waals surface area contributed by atoms with E-state index in [9.17, 15) is 13.6 Å². The van der Waals surface area contributed by atoms with Crippen molar-refractivity contribution in [3.63, 3.8) is 0 Å². The summed E-state index contributed by atoms with van der Waals surface area (Å²) in [7, 11) is 0. The Kier molecular flexibility index (Phi) is 5.55. The van der Waals surface area contributed by atoms with E-state index in [0.29, 0.717) is 0 Å². The second-order valence-electron chi connectivity index (χ2n) is 5.89. The summed E-state index contributed by atoms with van der Waals surface area (Å²) in [5.41, 5.74) is 0. The summed E-state index contributed by atoms with van der Waals surface area (Å²) < 4.78 is 24.2. The number of alkyl halides is 2. The quantitative estimate of drug-likeness (QED) is 0.834. The maximum absolute atomic E-state index is 12.1. The molecule has 1 amide bonds. The normalized spacial score (nSPS) is 25.9. The third-order valence-electron chi connectivity index (χ3n) is 4.30. The van der Waals surface area contributed by atoms with Crippen molar-refractivity contribution in [3.05, 3.63) is 0 Å². The third kappa shape index (κ3) is 4.71. The Balaban J connectivity index is 1.74. The fraction of sp³-hybridized carbons (Fsp3) is 0.929. The fourth-order valence-electron chi connectivity index (χ4n) is 3.32. The van der Waals surface area contributed by atoms with Gasteiger partial charge in [0.15, 0.2) is 0 Å². The van der Waals surface area contributed by atoms with Gasteiger partial charge in [-0.1, -0.05) is 12.8 Å². The van der Waals surface area contributed by atoms with E-state index in [4.69, 9.17) is 0 Å². The molecule has 1 heterocycles. The molecule has 1 aliphatic heterocycles. The predicted octanol–water partition coefficient (Wildman–Crippen LogP) is 2.27. The second kappa shape index (κ2) is 7.17. The molecule has 1 unspecified atom stereocenters. The van der Waals surface area contributed by atoms with Crippen molar-refractivity contribution >= 4 is 5.91 Å². The van der Waals surface area contributed by atoms with Gasteiger partial charge >= 0.3 is 0 Å². The van der Waals surface area contributed by atoms with E-state index in [1.165, 1.54) is 25.7 Å². The fourth-order valence-corrected chi connectivity index (χ4v) is 3.32. The van der Waals surface area contributed by atoms with Crippen molar-refractivity contribution in [1.29, 1.82) is 0 Å². The Hall–Kier alpha value is -0.710. The summed E-state index contributed by atoms with van der Waals surface area (Å²) in [6.45, 7) is 2.36. The Labute approximate surface area is 113 Å². The van der Waals surface area contributed by atoms with E-state index in [1.54, 1.807) is 0 Å². The van der Waals surface area contributed by atoms with Crippen LogP contribution in [0.4, 0.5) is 8.78 Å². The lowest BCUT2D eigenvalue weighted by Gasteiger charge is -2.33. The molecule has 2 aliphatic rings. The number of carbonyl (C=O) groups excluding carboxylic acids is 1. The Bertz CT molecular complexity index is 293. The van der Waals surface area contributed by atoms with Crippen LogP contribution in [0.5, 0.6) is 0 Å². The van der Waals surface area contributed by atoms with Crippen molar-refractivity contribution in [1.82, 2.24) is 10.2 Å². The monoisotopic (exact) mass is 274 g/mol. The van der Waals surface area contributed by atoms with Crippen molar-refractivity contribution in [2.75, 3.05) is 26.2 Å². The van der Waals surface area contributed by atoms with Gasteiger partial charge in [0.1, 0.15) is 0 Å². The van der Waals surface area contributed by atoms with Crippen LogP contribution in [-0.4, -0.2) is 43.4 Å². The highest BCUT2D eigenvalue weighted by atomic mass is 19.3. The van der Waals surface area contributed by atoms with Crippen molar-refractivity contribution in [2.45, 2.75) is 45.0 Å². The molecule has 110 valence electrons. The molecule has 2 fully saturated rings. The molecule has 0 aromatic heterocycles. The molecule has 0 aromatic rings. The average Bonchev–Trinajstić information content (AvgIpc) is 2.89. The van der Waals surface area contributed by atoms with Crippen LogP contribution in [-0.2, 0) is 4.79 Å². The lowest BCUT2D eigenvalue weighted by Crippen LogP contribution is -2.45. The molecule has 0 bridgehead atoms. The highest BCUT2D eigenvalue weighted by Crippen LogP contribution is 2.27. The highest BCUT2D eigenvalue weighted by Gasteiger charge is 2.28. The second-order valence-corrected chi connectivity index (χ2v) is 5.89. The summed E-state index contributed by atoms with van der Waals surface area (Å²) in [6, 6.07) is 0. The van der Waals surface area contributed by atoms with Crippen LogP contribution >= 0.6 is 0 Å². The Morgan fingerprint density at radius 1 is 1.21 bits per heavy atom. The van der Waals surface area contributed by atoms with E-state index in [0.717, 1.165) is 38.4 Å². The van der Waals surface area contributed by atoms with Gasteiger partial charge < -0.3 is 10.2 Å². The first kappa shape index (κ1) is 14.7. The summed E-state index contributed by atoms with van der Waals surface area (Å²) >= 11 is 0. The molecule has 1 aliphatic carbocycles. The van der Waals surface area contributed by atoms with Crippen molar-refractivity contribution < 1.29 is 13.6 Å². The number of carbonyl (C=O) groups is 1. The molecule has 5 heteroatoms. The van der Waals surface area contributed by atoms with Crippen LogP contribution in [0.3, 0.4) is 0 Å². The first-order chi connectivity index (χ1) is 9.15. The highest BCUT2D eigenvalue weighted by molar-refractivity contribution is 5.78. The molecule has 2 rings (SSSR count). The maximum atomic E-state index is 12.1. The summed E-state index contributed by atoms with van der Waals surface area (Å²) in [5, 5.41) is 2.35. The van der Waals surface area contributed by atoms with Crippen molar-refractivity contribution in [3.8, 4) is 0 Å². The zero-order valence-corrected chi connectivity index (χ0v) is 11.4. The van der Waals surface area contributed by atoms with Crippen LogP contribution in [0.25, 0.3) is 0 Å². The number of hydrogen-bond donors (Lipinski definition) is 1. The van der Waals surface area contributed by atoms with E-state index in [2.05, 4.69) is 10.2 Å². The van der Waals surface area contributed by atoms with Crippen LogP contribution < -0.4 is 5.32 Å². The van der Waals surface area contributed by atoms with E-state index in [-0.39, 0.29) is 11.8 Å². The Morgan fingerprint density at radius 2 is 1.95 bits per heavy atom. The van der Waals surface area contributed by atoms with Crippen LogP contribution in [0, 0.1) is 11.8 Å². The lowest BCUT2D eigenvalue weighted by atomic mass is 9.95. The van der Waals surface area contributed by atoms with Crippen LogP contribution in [0.15, 0.2) is 0 Å². The number of likely N-dealkylation sites (tertiary alicyclic amines) is 1. The number of rotatable bonds is 5. The molecular formula is C14H24F2N2O. The molecule has 0 spiro atoms. The molecule has 1 atom stereocenters. The van der Waals surface area contributed by atoms with Gasteiger partial charge in [0.2, 0.25) is 5.91 Å². The largest absolute Gasteiger partial charge is 0.350 e. The van der Waals surface area contributed by atoms with Gasteiger partial charge in [-0.3, -0.25) is 4.79 Å². The number of hydrogen-bond acceptors (Lipinski definition) is 2. The van der Waals surface area contributed by atoms with Crippen LogP contribution in [0.1, 0.15) is 38.5 Å². The average molecular weight is 274 g/mol. The summed E-state index contributed by atoms with van der Waals surface area (Å²) in [4.78, 5) is 14.2. The van der Waals surface area contributed by atoms with Gasteiger partial charge in [0, 0.05) is 13.1 Å². The van der Waals surface area contributed by atoms with Gasteiger partial charge in [-0.15, -0.1) is 0 Å². The van der Waals surface area contributed by atoms with Gasteiger partial charge in [-0.25, -0.2) is 8.78 Å². The standard InChI is InChI=1S/C14H24F2N2O/c15-13(16)8-17-14(19)12-6-3-7-18(10-12)9-11-4-1-2-5-11/h11-13H,1-10H2,(H,17,19). The number of piperidine rings is 1. The van der Waals surface area contributed by atoms with Gasteiger partial charge in [-0.2, -0.15) is 0 Å². The minimum absolute atomic E-state index is 0.103. The molecule has 19 heavy (non-hydrogen) atoms. The van der Waals surface area contributed by atoms with Crippen LogP contribution in [0.2, 0.25) is 0 Å². The predicted molar refractivity (Wildman–Crippen MR) is 70.1 cm³/mol. The Morgan fingerprint density at radius 3 is 2.63 bits per heavy atom. The number of nitrogens with one attached hydrogen (secondary N) is 1. The summed E-state index contributed by atoms with van der Waals surface area (Å²) in [6.07, 6.45) is 4.64. The summed E-state index contributed by atoms with van der Waals surface area (Å²) in [5.74, 6) is 0.480. The minimum atomic E-state index is -2.46. The zero-order valence-electron chi connectivity index (χ0n) is 11.4. The molecule has 1 saturated heterocycles. The van der Waals surface area contributed by atoms with Gasteiger partial charge in [0.05, 0.1) is 12.5 Å². The van der Waals surface area contributed by atoms with Gasteiger partial charge in [0.25, 0.3) is 6.43 Å². The van der Waals surface area contributed by atoms with Crippen molar-refractivity contribution in [2.24, 2.45) is 11.8 Å². The SMILES string of the molecule is O=C(NCC(F)F)C1CCCN(CC2CCCC2)C1. The topological polar surface area (TPSA) is 32.3 Å². The van der Waals surface area contributed by atoms with E-state index >= 15 is 0 Å². The number of nitrogens with zero attached hydrogens (tertiary/aromatic N) is 1. The number of amides is 1. The molecular weight excluding hydrogens is 250 g/mol. The lowest BCUT2D eigenvalue weighted by molar-refractivity contribution is -0.127. The maximum Gasteiger partial charge on any atom is 0.255 e. The molecule has 1 N–H and O–H groups in total. The minimum Gasteiger partial charge on any atom is -0.350 e. The van der Waals surface area contributed by atoms with Gasteiger partial charge in [-0.05, 0) is 38.1 Å². The zero-order chi connectivity index (χ0) is 13.7. The third-order valence-corrected chi connectivity index (χ3v) is 4.30. The first-order valence-corrected chi connectivity index (χ1v) is 7.43. The molecule has 3 nitrogen and oxygen atoms in total. The molecule has 0 aromatic carbocycles. The number of halogens is 2. The molecule has 1 saturated carbocycles. The van der Waals surface area contributed by atoms with E-state index < -0.39 is 13.0 Å². The first-order valence-electron chi connectivity index (χ1n) is 7.43. The smallest absolute Gasteiger partial charge is 0.255 e.